The van der Waals surface area contributed by atoms with Crippen LogP contribution in [-0.4, -0.2) is 55.4 Å². The van der Waals surface area contributed by atoms with Crippen LogP contribution >= 0.6 is 11.8 Å². The molecule has 1 aliphatic rings. The standard InChI is InChI=1S/C23H22F2N2O6S/c1-3-32-16-7-5-4-6-15(16)20(28)26-10-11-27-21(29)19(34-23(27)30)13-14-8-9-17(33-22(24)25)18(12-14)31-2/h4-9,12-13,22H,3,10-11H2,1-2H3,(H,26,28)/b19-13-. The van der Waals surface area contributed by atoms with Crippen LogP contribution in [0.15, 0.2) is 47.4 Å². The Morgan fingerprint density at radius 3 is 2.62 bits per heavy atom. The van der Waals surface area contributed by atoms with Gasteiger partial charge in [0.2, 0.25) is 0 Å². The molecule has 3 rings (SSSR count). The fourth-order valence-electron chi connectivity index (χ4n) is 3.12. The minimum atomic E-state index is -3.01. The van der Waals surface area contributed by atoms with Crippen molar-refractivity contribution in [1.82, 2.24) is 10.2 Å². The highest BCUT2D eigenvalue weighted by Crippen LogP contribution is 2.34. The highest BCUT2D eigenvalue weighted by Gasteiger charge is 2.34. The van der Waals surface area contributed by atoms with Gasteiger partial charge in [-0.3, -0.25) is 19.3 Å². The molecule has 1 fully saturated rings. The predicted octanol–water partition coefficient (Wildman–Crippen LogP) is 4.16. The maximum Gasteiger partial charge on any atom is 0.387 e. The Hall–Kier alpha value is -3.60. The first kappa shape index (κ1) is 25.0. The zero-order valence-corrected chi connectivity index (χ0v) is 19.2. The molecule has 0 aliphatic carbocycles. The lowest BCUT2D eigenvalue weighted by atomic mass is 10.2. The molecular weight excluding hydrogens is 470 g/mol. The Kier molecular flexibility index (Phi) is 8.47. The highest BCUT2D eigenvalue weighted by molar-refractivity contribution is 8.18. The zero-order chi connectivity index (χ0) is 24.7. The number of benzene rings is 2. The Labute approximate surface area is 198 Å². The number of carbonyl (C=O) groups is 3. The van der Waals surface area contributed by atoms with Crippen LogP contribution in [0.25, 0.3) is 6.08 Å². The van der Waals surface area contributed by atoms with Crippen molar-refractivity contribution in [3.05, 3.63) is 58.5 Å². The number of nitrogens with one attached hydrogen (secondary N) is 1. The molecule has 1 heterocycles. The summed E-state index contributed by atoms with van der Waals surface area (Å²) in [4.78, 5) is 38.7. The third-order valence-electron chi connectivity index (χ3n) is 4.63. The van der Waals surface area contributed by atoms with Crippen molar-refractivity contribution in [1.29, 1.82) is 0 Å². The van der Waals surface area contributed by atoms with E-state index in [4.69, 9.17) is 9.47 Å². The second-order valence-corrected chi connectivity index (χ2v) is 7.80. The molecule has 0 radical (unpaired) electrons. The number of hydrogen-bond acceptors (Lipinski definition) is 7. The van der Waals surface area contributed by atoms with Gasteiger partial charge in [0.15, 0.2) is 11.5 Å². The summed E-state index contributed by atoms with van der Waals surface area (Å²) in [6, 6.07) is 10.9. The van der Waals surface area contributed by atoms with Crippen LogP contribution in [0.5, 0.6) is 17.2 Å². The Bertz CT molecular complexity index is 1110. The van der Waals surface area contributed by atoms with Crippen LogP contribution in [0, 0.1) is 0 Å². The summed E-state index contributed by atoms with van der Waals surface area (Å²) in [5, 5.41) is 2.20. The van der Waals surface area contributed by atoms with Gasteiger partial charge in [-0.1, -0.05) is 18.2 Å². The number of carbonyl (C=O) groups excluding carboxylic acids is 3. The number of amides is 3. The third kappa shape index (κ3) is 6.04. The zero-order valence-electron chi connectivity index (χ0n) is 18.4. The van der Waals surface area contributed by atoms with Crippen LogP contribution in [-0.2, 0) is 4.79 Å². The van der Waals surface area contributed by atoms with Gasteiger partial charge in [-0.25, -0.2) is 0 Å². The van der Waals surface area contributed by atoms with Crippen LogP contribution in [0.2, 0.25) is 0 Å². The van der Waals surface area contributed by atoms with Gasteiger partial charge in [-0.2, -0.15) is 8.78 Å². The van der Waals surface area contributed by atoms with Gasteiger partial charge in [0.25, 0.3) is 17.1 Å². The van der Waals surface area contributed by atoms with Crippen LogP contribution < -0.4 is 19.5 Å². The van der Waals surface area contributed by atoms with Crippen molar-refractivity contribution in [2.45, 2.75) is 13.5 Å². The molecule has 1 saturated heterocycles. The fraction of sp³-hybridized carbons (Fsp3) is 0.261. The summed E-state index contributed by atoms with van der Waals surface area (Å²) in [5.74, 6) is -0.555. The summed E-state index contributed by atoms with van der Waals surface area (Å²) >= 11 is 0.743. The molecule has 1 aliphatic heterocycles. The first-order chi connectivity index (χ1) is 16.3. The Morgan fingerprint density at radius 1 is 1.15 bits per heavy atom. The maximum atomic E-state index is 12.7. The molecule has 1 N–H and O–H groups in total. The van der Waals surface area contributed by atoms with Crippen molar-refractivity contribution >= 4 is 34.9 Å². The van der Waals surface area contributed by atoms with Gasteiger partial charge in [0, 0.05) is 13.1 Å². The van der Waals surface area contributed by atoms with Gasteiger partial charge in [-0.05, 0) is 54.6 Å². The van der Waals surface area contributed by atoms with E-state index in [9.17, 15) is 23.2 Å². The molecule has 8 nitrogen and oxygen atoms in total. The normalized spacial score (nSPS) is 14.6. The van der Waals surface area contributed by atoms with Crippen LogP contribution in [0.1, 0.15) is 22.8 Å². The van der Waals surface area contributed by atoms with Gasteiger partial charge in [0.1, 0.15) is 5.75 Å². The summed E-state index contributed by atoms with van der Waals surface area (Å²) in [6.45, 7) is -0.762. The third-order valence-corrected chi connectivity index (χ3v) is 5.53. The van der Waals surface area contributed by atoms with Gasteiger partial charge in [0.05, 0.1) is 24.2 Å². The van der Waals surface area contributed by atoms with Gasteiger partial charge >= 0.3 is 6.61 Å². The minimum absolute atomic E-state index is 0.0188. The summed E-state index contributed by atoms with van der Waals surface area (Å²) in [7, 11) is 1.30. The van der Waals surface area contributed by atoms with Crippen molar-refractivity contribution in [2.24, 2.45) is 0 Å². The molecule has 0 atom stereocenters. The maximum absolute atomic E-state index is 12.7. The first-order valence-corrected chi connectivity index (χ1v) is 11.0. The van der Waals surface area contributed by atoms with Crippen molar-refractivity contribution in [3.8, 4) is 17.2 Å². The number of imide groups is 1. The Balaban J connectivity index is 1.64. The largest absolute Gasteiger partial charge is 0.493 e. The van der Waals surface area contributed by atoms with Crippen LogP contribution in [0.4, 0.5) is 13.6 Å². The molecule has 0 saturated carbocycles. The second-order valence-electron chi connectivity index (χ2n) is 6.81. The lowest BCUT2D eigenvalue weighted by Crippen LogP contribution is -2.37. The molecule has 11 heteroatoms. The Morgan fingerprint density at radius 2 is 1.91 bits per heavy atom. The number of ether oxygens (including phenoxy) is 3. The number of alkyl halides is 2. The number of para-hydroxylation sites is 1. The fourth-order valence-corrected chi connectivity index (χ4v) is 3.99. The summed E-state index contributed by atoms with van der Waals surface area (Å²) < 4.78 is 39.9. The molecule has 2 aromatic rings. The molecule has 0 aromatic heterocycles. The second kappa shape index (κ2) is 11.5. The number of hydrogen-bond donors (Lipinski definition) is 1. The van der Waals surface area contributed by atoms with E-state index in [-0.39, 0.29) is 35.4 Å². The van der Waals surface area contributed by atoms with E-state index < -0.39 is 17.8 Å². The topological polar surface area (TPSA) is 94.2 Å². The average molecular weight is 493 g/mol. The summed E-state index contributed by atoms with van der Waals surface area (Å²) in [6.07, 6.45) is 1.45. The van der Waals surface area contributed by atoms with Crippen molar-refractivity contribution in [2.75, 3.05) is 26.8 Å². The average Bonchev–Trinajstić information content (AvgIpc) is 3.07. The lowest BCUT2D eigenvalue weighted by Gasteiger charge is -2.14. The van der Waals surface area contributed by atoms with Gasteiger partial charge < -0.3 is 19.5 Å². The van der Waals surface area contributed by atoms with E-state index >= 15 is 0 Å². The molecule has 180 valence electrons. The quantitative estimate of drug-likeness (QED) is 0.498. The number of rotatable bonds is 10. The molecule has 0 bridgehead atoms. The van der Waals surface area contributed by atoms with E-state index in [1.807, 2.05) is 6.92 Å². The molecular formula is C23H22F2N2O6S. The highest BCUT2D eigenvalue weighted by atomic mass is 32.2. The lowest BCUT2D eigenvalue weighted by molar-refractivity contribution is -0.122. The number of halogens is 2. The molecule has 2 aromatic carbocycles. The SMILES string of the molecule is CCOc1ccccc1C(=O)NCCN1C(=O)S/C(=C\c2ccc(OC(F)F)c(OC)c2)C1=O. The first-order valence-electron chi connectivity index (χ1n) is 10.2. The van der Waals surface area contributed by atoms with E-state index in [1.54, 1.807) is 24.3 Å². The summed E-state index contributed by atoms with van der Waals surface area (Å²) in [5.41, 5.74) is 0.816. The molecule has 0 spiro atoms. The molecule has 0 unspecified atom stereocenters. The number of nitrogens with zero attached hydrogens (tertiary/aromatic N) is 1. The molecule has 34 heavy (non-hydrogen) atoms. The minimum Gasteiger partial charge on any atom is -0.493 e. The van der Waals surface area contributed by atoms with Crippen LogP contribution in [0.3, 0.4) is 0 Å². The van der Waals surface area contributed by atoms with E-state index in [0.29, 0.717) is 23.5 Å². The van der Waals surface area contributed by atoms with Crippen molar-refractivity contribution in [3.63, 3.8) is 0 Å². The van der Waals surface area contributed by atoms with E-state index in [0.717, 1.165) is 16.7 Å². The smallest absolute Gasteiger partial charge is 0.387 e. The molecule has 3 amide bonds. The number of thioether (sulfide) groups is 1. The van der Waals surface area contributed by atoms with E-state index in [1.165, 1.54) is 31.4 Å². The van der Waals surface area contributed by atoms with E-state index in [2.05, 4.69) is 10.1 Å². The van der Waals surface area contributed by atoms with Crippen molar-refractivity contribution < 1.29 is 37.4 Å². The predicted molar refractivity (Wildman–Crippen MR) is 122 cm³/mol. The number of methoxy groups -OCH3 is 1. The monoisotopic (exact) mass is 492 g/mol. The van der Waals surface area contributed by atoms with Gasteiger partial charge in [-0.15, -0.1) is 0 Å².